The number of carbonyl (C=O) groups is 1. The van der Waals surface area contributed by atoms with Gasteiger partial charge in [0.15, 0.2) is 0 Å². The number of aromatic nitrogens is 2. The third-order valence-corrected chi connectivity index (χ3v) is 6.05. The molecule has 2 amide bonds. The predicted molar refractivity (Wildman–Crippen MR) is 116 cm³/mol. The summed E-state index contributed by atoms with van der Waals surface area (Å²) in [5.74, 6) is 2.45. The number of methoxy groups -OCH3 is 1. The minimum Gasteiger partial charge on any atom is -0.497 e. The molecule has 4 rings (SSSR count). The maximum Gasteiger partial charge on any atom is 0.317 e. The number of benzene rings is 1. The number of carbonyl (C=O) groups excluding carboxylic acids is 1. The summed E-state index contributed by atoms with van der Waals surface area (Å²) in [5, 5.41) is 11.1. The zero-order valence-electron chi connectivity index (χ0n) is 17.0. The van der Waals surface area contributed by atoms with E-state index >= 15 is 0 Å². The highest BCUT2D eigenvalue weighted by Crippen LogP contribution is 2.23. The molecule has 0 unspecified atom stereocenters. The first-order chi connectivity index (χ1) is 14.7. The number of nitrogens with one attached hydrogen (secondary N) is 1. The van der Waals surface area contributed by atoms with Gasteiger partial charge in [0.1, 0.15) is 5.75 Å². The van der Waals surface area contributed by atoms with Gasteiger partial charge in [-0.15, -0.1) is 0 Å². The minimum absolute atomic E-state index is 0.00213. The number of amides is 2. The van der Waals surface area contributed by atoms with Crippen LogP contribution in [0, 0.1) is 5.92 Å². The normalized spacial score (nSPS) is 16.4. The Morgan fingerprint density at radius 2 is 2.20 bits per heavy atom. The van der Waals surface area contributed by atoms with E-state index in [9.17, 15) is 4.79 Å². The van der Waals surface area contributed by atoms with Crippen LogP contribution >= 0.6 is 11.3 Å². The smallest absolute Gasteiger partial charge is 0.317 e. The Morgan fingerprint density at radius 1 is 1.33 bits per heavy atom. The second-order valence-corrected chi connectivity index (χ2v) is 8.29. The van der Waals surface area contributed by atoms with Crippen molar-refractivity contribution in [2.24, 2.45) is 5.92 Å². The van der Waals surface area contributed by atoms with E-state index < -0.39 is 0 Å². The topological polar surface area (TPSA) is 80.5 Å². The summed E-state index contributed by atoms with van der Waals surface area (Å²) in [4.78, 5) is 19.0. The van der Waals surface area contributed by atoms with Gasteiger partial charge in [0, 0.05) is 37.0 Å². The molecule has 1 saturated heterocycles. The zero-order valence-corrected chi connectivity index (χ0v) is 17.9. The van der Waals surface area contributed by atoms with Gasteiger partial charge in [-0.25, -0.2) is 4.79 Å². The Balaban J connectivity index is 1.24. The first-order valence-corrected chi connectivity index (χ1v) is 11.2. The Bertz CT molecular complexity index is 940. The molecule has 0 saturated carbocycles. The molecular formula is C22H26N4O3S. The first-order valence-electron chi connectivity index (χ1n) is 10.2. The molecule has 7 nitrogen and oxygen atoms in total. The van der Waals surface area contributed by atoms with E-state index in [2.05, 4.69) is 15.5 Å². The molecule has 8 heteroatoms. The lowest BCUT2D eigenvalue weighted by atomic mass is 9.95. The van der Waals surface area contributed by atoms with Crippen molar-refractivity contribution in [2.75, 3.05) is 26.7 Å². The van der Waals surface area contributed by atoms with Gasteiger partial charge in [0.25, 0.3) is 0 Å². The van der Waals surface area contributed by atoms with Crippen LogP contribution in [0.4, 0.5) is 4.79 Å². The van der Waals surface area contributed by atoms with E-state index in [1.165, 1.54) is 5.56 Å². The van der Waals surface area contributed by atoms with Gasteiger partial charge in [0.05, 0.1) is 7.11 Å². The molecule has 30 heavy (non-hydrogen) atoms. The van der Waals surface area contributed by atoms with Gasteiger partial charge >= 0.3 is 6.03 Å². The SMILES string of the molecule is COc1ccc(CCNC(=O)N2CCC[C@@H](Cc3nc(-c4ccsc4)no3)C2)cc1. The van der Waals surface area contributed by atoms with Crippen LogP contribution in [0.3, 0.4) is 0 Å². The number of piperidine rings is 1. The Kier molecular flexibility index (Phi) is 6.63. The summed E-state index contributed by atoms with van der Waals surface area (Å²) in [7, 11) is 1.65. The summed E-state index contributed by atoms with van der Waals surface area (Å²) in [6.45, 7) is 2.11. The van der Waals surface area contributed by atoms with Crippen molar-refractivity contribution < 1.29 is 14.1 Å². The highest BCUT2D eigenvalue weighted by Gasteiger charge is 2.25. The summed E-state index contributed by atoms with van der Waals surface area (Å²) in [6.07, 6.45) is 3.54. The Hall–Kier alpha value is -2.87. The van der Waals surface area contributed by atoms with Crippen LogP contribution in [-0.4, -0.2) is 47.8 Å². The van der Waals surface area contributed by atoms with E-state index in [4.69, 9.17) is 9.26 Å². The number of hydrogen-bond donors (Lipinski definition) is 1. The van der Waals surface area contributed by atoms with Gasteiger partial charge in [-0.2, -0.15) is 16.3 Å². The molecule has 3 heterocycles. The van der Waals surface area contributed by atoms with E-state index in [0.29, 0.717) is 37.1 Å². The molecule has 1 aliphatic rings. The zero-order chi connectivity index (χ0) is 20.8. The lowest BCUT2D eigenvalue weighted by Gasteiger charge is -2.32. The molecule has 2 aromatic heterocycles. The molecule has 1 N–H and O–H groups in total. The summed E-state index contributed by atoms with van der Waals surface area (Å²) < 4.78 is 10.6. The fraction of sp³-hybridized carbons (Fsp3) is 0.409. The molecule has 158 valence electrons. The summed E-state index contributed by atoms with van der Waals surface area (Å²) in [5.41, 5.74) is 2.15. The van der Waals surface area contributed by atoms with Crippen LogP contribution in [0.1, 0.15) is 24.3 Å². The number of rotatable bonds is 7. The standard InChI is InChI=1S/C22H26N4O3S/c1-28-19-6-4-16(5-7-19)8-10-23-22(27)26-11-2-3-17(14-26)13-20-24-21(25-29-20)18-9-12-30-15-18/h4-7,9,12,15,17H,2-3,8,10-11,13-14H2,1H3,(H,23,27)/t17-/m0/s1. The van der Waals surface area contributed by atoms with Crippen LogP contribution in [0.25, 0.3) is 11.4 Å². The van der Waals surface area contributed by atoms with Gasteiger partial charge in [-0.1, -0.05) is 17.3 Å². The van der Waals surface area contributed by atoms with Gasteiger partial charge < -0.3 is 19.5 Å². The molecule has 1 fully saturated rings. The number of likely N-dealkylation sites (tertiary alicyclic amines) is 1. The number of urea groups is 1. The summed E-state index contributed by atoms with van der Waals surface area (Å²) in [6, 6.07) is 9.91. The molecule has 1 aromatic carbocycles. The third kappa shape index (κ3) is 5.18. The third-order valence-electron chi connectivity index (χ3n) is 5.37. The maximum atomic E-state index is 12.6. The number of thiophene rings is 1. The van der Waals surface area contributed by atoms with Crippen molar-refractivity contribution in [1.82, 2.24) is 20.4 Å². The van der Waals surface area contributed by atoms with Crippen LogP contribution in [-0.2, 0) is 12.8 Å². The number of nitrogens with zero attached hydrogens (tertiary/aromatic N) is 3. The van der Waals surface area contributed by atoms with Gasteiger partial charge in [-0.05, 0) is 54.3 Å². The lowest BCUT2D eigenvalue weighted by Crippen LogP contribution is -2.46. The van der Waals surface area contributed by atoms with Crippen molar-refractivity contribution in [1.29, 1.82) is 0 Å². The number of ether oxygens (including phenoxy) is 1. The average Bonchev–Trinajstić information content (AvgIpc) is 3.46. The predicted octanol–water partition coefficient (Wildman–Crippen LogP) is 4.01. The Labute approximate surface area is 180 Å². The quantitative estimate of drug-likeness (QED) is 0.617. The number of hydrogen-bond acceptors (Lipinski definition) is 6. The lowest BCUT2D eigenvalue weighted by molar-refractivity contribution is 0.162. The van der Waals surface area contributed by atoms with Crippen molar-refractivity contribution in [3.05, 3.63) is 52.5 Å². The highest BCUT2D eigenvalue weighted by molar-refractivity contribution is 7.08. The fourth-order valence-electron chi connectivity index (χ4n) is 3.73. The van der Waals surface area contributed by atoms with Crippen LogP contribution in [0.5, 0.6) is 5.75 Å². The molecule has 0 radical (unpaired) electrons. The second kappa shape index (κ2) is 9.75. The maximum absolute atomic E-state index is 12.6. The monoisotopic (exact) mass is 426 g/mol. The second-order valence-electron chi connectivity index (χ2n) is 7.51. The van der Waals surface area contributed by atoms with Crippen molar-refractivity contribution in [3.63, 3.8) is 0 Å². The Morgan fingerprint density at radius 3 is 2.97 bits per heavy atom. The molecule has 0 spiro atoms. The molecular weight excluding hydrogens is 400 g/mol. The van der Waals surface area contributed by atoms with E-state index in [0.717, 1.165) is 37.1 Å². The molecule has 3 aromatic rings. The minimum atomic E-state index is -0.00213. The van der Waals surface area contributed by atoms with Crippen molar-refractivity contribution in [3.8, 4) is 17.1 Å². The highest BCUT2D eigenvalue weighted by atomic mass is 32.1. The first kappa shape index (κ1) is 20.4. The van der Waals surface area contributed by atoms with Crippen molar-refractivity contribution >= 4 is 17.4 Å². The largest absolute Gasteiger partial charge is 0.497 e. The van der Waals surface area contributed by atoms with Crippen LogP contribution in [0.2, 0.25) is 0 Å². The molecule has 1 aliphatic heterocycles. The average molecular weight is 427 g/mol. The van der Waals surface area contributed by atoms with Crippen LogP contribution in [0.15, 0.2) is 45.6 Å². The van der Waals surface area contributed by atoms with Gasteiger partial charge in [-0.3, -0.25) is 0 Å². The van der Waals surface area contributed by atoms with E-state index in [1.807, 2.05) is 46.0 Å². The van der Waals surface area contributed by atoms with Crippen molar-refractivity contribution in [2.45, 2.75) is 25.7 Å². The van der Waals surface area contributed by atoms with Crippen LogP contribution < -0.4 is 10.1 Å². The summed E-state index contributed by atoms with van der Waals surface area (Å²) >= 11 is 1.61. The molecule has 0 bridgehead atoms. The van der Waals surface area contributed by atoms with E-state index in [-0.39, 0.29) is 6.03 Å². The fourth-order valence-corrected chi connectivity index (χ4v) is 4.36. The van der Waals surface area contributed by atoms with E-state index in [1.54, 1.807) is 18.4 Å². The molecule has 1 atom stereocenters. The van der Waals surface area contributed by atoms with Gasteiger partial charge in [0.2, 0.25) is 11.7 Å². The molecule has 0 aliphatic carbocycles.